The molecule has 3 rings (SSSR count). The number of carbonyl (C=O) groups excluding carboxylic acids is 2. The quantitative estimate of drug-likeness (QED) is 0.111. The first-order valence-electron chi connectivity index (χ1n) is 9.21. The molecule has 0 fully saturated rings. The first-order valence-corrected chi connectivity index (χ1v) is 9.21. The van der Waals surface area contributed by atoms with Gasteiger partial charge in [-0.1, -0.05) is 5.73 Å². The molecule has 158 valence electrons. The Bertz CT molecular complexity index is 1110. The van der Waals surface area contributed by atoms with Gasteiger partial charge in [-0.15, -0.1) is 0 Å². The molecule has 1 aliphatic rings. The Morgan fingerprint density at radius 3 is 1.58 bits per heavy atom. The number of rotatable bonds is 6. The molecule has 10 nitrogen and oxygen atoms in total. The van der Waals surface area contributed by atoms with Crippen molar-refractivity contribution < 1.29 is 28.9 Å². The smallest absolute Gasteiger partial charge is 0.353 e. The molecule has 0 saturated carbocycles. The Balaban J connectivity index is 2.39. The lowest BCUT2D eigenvalue weighted by Crippen LogP contribution is -2.17. The predicted octanol–water partition coefficient (Wildman–Crippen LogP) is 3.57. The summed E-state index contributed by atoms with van der Waals surface area (Å²) in [5, 5.41) is 22.5. The molecule has 10 heteroatoms. The zero-order valence-electron chi connectivity index (χ0n) is 16.5. The molecule has 1 aliphatic carbocycles. The van der Waals surface area contributed by atoms with Gasteiger partial charge in [-0.25, -0.2) is 9.59 Å². The molecule has 2 aromatic rings. The maximum atomic E-state index is 12.4. The van der Waals surface area contributed by atoms with Gasteiger partial charge in [0, 0.05) is 41.0 Å². The summed E-state index contributed by atoms with van der Waals surface area (Å²) in [6.07, 6.45) is 0. The van der Waals surface area contributed by atoms with Gasteiger partial charge in [0.15, 0.2) is 5.57 Å². The van der Waals surface area contributed by atoms with E-state index in [2.05, 4.69) is 5.73 Å². The van der Waals surface area contributed by atoms with E-state index in [4.69, 9.17) is 9.47 Å². The number of nitrogens with zero attached hydrogens (tertiary/aromatic N) is 2. The van der Waals surface area contributed by atoms with Crippen LogP contribution in [0.25, 0.3) is 16.7 Å². The van der Waals surface area contributed by atoms with Crippen LogP contribution in [-0.2, 0) is 19.1 Å². The summed E-state index contributed by atoms with van der Waals surface area (Å²) in [6.45, 7) is 3.09. The summed E-state index contributed by atoms with van der Waals surface area (Å²) in [6, 6.07) is 8.12. The van der Waals surface area contributed by atoms with Gasteiger partial charge in [0.05, 0.1) is 23.1 Å². The van der Waals surface area contributed by atoms with Crippen LogP contribution in [0.4, 0.5) is 11.4 Å². The fraction of sp³-hybridized carbons (Fsp3) is 0.190. The third-order valence-electron chi connectivity index (χ3n) is 4.47. The maximum absolute atomic E-state index is 12.4. The summed E-state index contributed by atoms with van der Waals surface area (Å²) in [7, 11) is 0. The van der Waals surface area contributed by atoms with E-state index in [9.17, 15) is 29.8 Å². The van der Waals surface area contributed by atoms with Gasteiger partial charge in [0.25, 0.3) is 11.4 Å². The number of fused-ring (bicyclic) bond motifs is 3. The molecule has 0 aromatic heterocycles. The monoisotopic (exact) mass is 424 g/mol. The third-order valence-corrected chi connectivity index (χ3v) is 4.47. The van der Waals surface area contributed by atoms with Crippen molar-refractivity contribution in [3.8, 4) is 11.1 Å². The summed E-state index contributed by atoms with van der Waals surface area (Å²) in [5.41, 5.74) is 3.48. The molecule has 0 saturated heterocycles. The summed E-state index contributed by atoms with van der Waals surface area (Å²) in [5.74, 6) is -1.97. The third kappa shape index (κ3) is 4.05. The first kappa shape index (κ1) is 21.4. The second kappa shape index (κ2) is 8.60. The van der Waals surface area contributed by atoms with Crippen molar-refractivity contribution in [2.45, 2.75) is 13.8 Å². The van der Waals surface area contributed by atoms with E-state index in [0.717, 1.165) is 0 Å². The molecular formula is C21H16N2O8. The van der Waals surface area contributed by atoms with Crippen molar-refractivity contribution in [2.75, 3.05) is 13.2 Å². The molecule has 0 bridgehead atoms. The second-order valence-corrected chi connectivity index (χ2v) is 6.29. The molecule has 0 heterocycles. The van der Waals surface area contributed by atoms with Gasteiger partial charge in [-0.3, -0.25) is 20.2 Å². The van der Waals surface area contributed by atoms with Gasteiger partial charge in [0.1, 0.15) is 0 Å². The highest BCUT2D eigenvalue weighted by Gasteiger charge is 2.29. The van der Waals surface area contributed by atoms with E-state index in [1.165, 1.54) is 36.4 Å². The molecule has 0 amide bonds. The standard InChI is InChI=1S/C21H16N2O8/c1-3-30-20(24)19(21(25)31-4-2)11-18-16-9-12(22(26)27)5-7-14(16)15-8-6-13(23(28)29)10-17(15)18/h5-10H,3-4H2,1-2H3. The van der Waals surface area contributed by atoms with Crippen LogP contribution < -0.4 is 0 Å². The Kier molecular flexibility index (Phi) is 5.94. The van der Waals surface area contributed by atoms with Gasteiger partial charge >= 0.3 is 11.9 Å². The molecule has 0 unspecified atom stereocenters. The molecule has 0 spiro atoms. The number of nitro groups is 2. The van der Waals surface area contributed by atoms with Crippen molar-refractivity contribution in [1.29, 1.82) is 0 Å². The molecule has 31 heavy (non-hydrogen) atoms. The SMILES string of the molecule is CCOC(=O)C(=C=C1c2cc([N+](=O)[O-])ccc2-c2ccc([N+](=O)[O-])cc21)C(=O)OCC. The largest absolute Gasteiger partial charge is 0.462 e. The lowest BCUT2D eigenvalue weighted by molar-refractivity contribution is -0.385. The van der Waals surface area contributed by atoms with Gasteiger partial charge < -0.3 is 9.47 Å². The minimum absolute atomic E-state index is 0.0110. The summed E-state index contributed by atoms with van der Waals surface area (Å²) >= 11 is 0. The highest BCUT2D eigenvalue weighted by molar-refractivity contribution is 6.15. The van der Waals surface area contributed by atoms with E-state index in [1.807, 2.05) is 0 Å². The van der Waals surface area contributed by atoms with E-state index >= 15 is 0 Å². The molecule has 0 N–H and O–H groups in total. The van der Waals surface area contributed by atoms with Crippen LogP contribution in [0.1, 0.15) is 25.0 Å². The Hall–Kier alpha value is -4.30. The van der Waals surface area contributed by atoms with Gasteiger partial charge in [-0.2, -0.15) is 0 Å². The highest BCUT2D eigenvalue weighted by atomic mass is 16.6. The Labute approximate surface area is 175 Å². The van der Waals surface area contributed by atoms with Crippen molar-refractivity contribution in [2.24, 2.45) is 0 Å². The van der Waals surface area contributed by atoms with Crippen LogP contribution in [0.3, 0.4) is 0 Å². The number of non-ortho nitro benzene ring substituents is 2. The second-order valence-electron chi connectivity index (χ2n) is 6.29. The predicted molar refractivity (Wildman–Crippen MR) is 108 cm³/mol. The average molecular weight is 424 g/mol. The Morgan fingerprint density at radius 2 is 1.23 bits per heavy atom. The number of nitro benzene ring substituents is 2. The summed E-state index contributed by atoms with van der Waals surface area (Å²) in [4.78, 5) is 46.1. The van der Waals surface area contributed by atoms with E-state index in [-0.39, 0.29) is 30.2 Å². The zero-order valence-corrected chi connectivity index (χ0v) is 16.5. The van der Waals surface area contributed by atoms with Crippen LogP contribution in [0, 0.1) is 20.2 Å². The van der Waals surface area contributed by atoms with Gasteiger partial charge in [0.2, 0.25) is 0 Å². The molecule has 2 aromatic carbocycles. The molecule has 0 radical (unpaired) electrons. The van der Waals surface area contributed by atoms with E-state index in [0.29, 0.717) is 22.3 Å². The number of carbonyl (C=O) groups is 2. The molecule has 0 atom stereocenters. The molecular weight excluding hydrogens is 408 g/mol. The van der Waals surface area contributed by atoms with Crippen LogP contribution in [0.5, 0.6) is 0 Å². The number of ether oxygens (including phenoxy) is 2. The fourth-order valence-corrected chi connectivity index (χ4v) is 3.17. The first-order chi connectivity index (χ1) is 14.8. The van der Waals surface area contributed by atoms with Crippen LogP contribution >= 0.6 is 0 Å². The average Bonchev–Trinajstić information content (AvgIpc) is 3.04. The lowest BCUT2D eigenvalue weighted by atomic mass is 10.0. The Morgan fingerprint density at radius 1 is 0.806 bits per heavy atom. The zero-order chi connectivity index (χ0) is 22.7. The fourth-order valence-electron chi connectivity index (χ4n) is 3.17. The normalized spacial score (nSPS) is 11.1. The van der Waals surface area contributed by atoms with Crippen LogP contribution in [0.15, 0.2) is 47.7 Å². The van der Waals surface area contributed by atoms with Crippen molar-refractivity contribution >= 4 is 28.9 Å². The van der Waals surface area contributed by atoms with Crippen molar-refractivity contribution in [3.05, 3.63) is 79.1 Å². The lowest BCUT2D eigenvalue weighted by Gasteiger charge is -2.05. The topological polar surface area (TPSA) is 139 Å². The van der Waals surface area contributed by atoms with Crippen LogP contribution in [0.2, 0.25) is 0 Å². The summed E-state index contributed by atoms with van der Waals surface area (Å²) < 4.78 is 9.83. The maximum Gasteiger partial charge on any atom is 0.353 e. The van der Waals surface area contributed by atoms with Crippen molar-refractivity contribution in [3.63, 3.8) is 0 Å². The number of esters is 2. The van der Waals surface area contributed by atoms with E-state index < -0.39 is 27.4 Å². The van der Waals surface area contributed by atoms with Crippen molar-refractivity contribution in [1.82, 2.24) is 0 Å². The van der Waals surface area contributed by atoms with Crippen LogP contribution in [-0.4, -0.2) is 35.0 Å². The highest BCUT2D eigenvalue weighted by Crippen LogP contribution is 2.46. The minimum Gasteiger partial charge on any atom is -0.462 e. The van der Waals surface area contributed by atoms with Gasteiger partial charge in [-0.05, 0) is 37.1 Å². The number of hydrogen-bond acceptors (Lipinski definition) is 8. The van der Waals surface area contributed by atoms with E-state index in [1.54, 1.807) is 13.8 Å². The molecule has 0 aliphatic heterocycles. The minimum atomic E-state index is -0.987. The number of benzene rings is 2. The number of hydrogen-bond donors (Lipinski definition) is 0.